The zero-order chi connectivity index (χ0) is 13.0. The van der Waals surface area contributed by atoms with E-state index < -0.39 is 0 Å². The van der Waals surface area contributed by atoms with Crippen LogP contribution < -0.4 is 11.1 Å². The number of nitrogens with two attached hydrogens (primary N) is 1. The Morgan fingerprint density at radius 1 is 1.50 bits per heavy atom. The van der Waals surface area contributed by atoms with Crippen LogP contribution in [0.15, 0.2) is 18.3 Å². The van der Waals surface area contributed by atoms with E-state index in [0.29, 0.717) is 18.9 Å². The van der Waals surface area contributed by atoms with Gasteiger partial charge < -0.3 is 15.8 Å². The van der Waals surface area contributed by atoms with E-state index in [-0.39, 0.29) is 17.9 Å². The summed E-state index contributed by atoms with van der Waals surface area (Å²) in [6.45, 7) is 3.47. The average Bonchev–Trinajstić information content (AvgIpc) is 2.32. The Balaban J connectivity index is 1.90. The first-order chi connectivity index (χ1) is 8.57. The molecule has 1 aromatic rings. The van der Waals surface area contributed by atoms with Crippen molar-refractivity contribution in [1.29, 1.82) is 0 Å². The third kappa shape index (κ3) is 3.43. The van der Waals surface area contributed by atoms with Gasteiger partial charge in [0.15, 0.2) is 0 Å². The zero-order valence-electron chi connectivity index (χ0n) is 10.6. The van der Waals surface area contributed by atoms with Crippen molar-refractivity contribution in [3.63, 3.8) is 0 Å². The van der Waals surface area contributed by atoms with E-state index in [1.165, 1.54) is 0 Å². The molecule has 1 aliphatic rings. The van der Waals surface area contributed by atoms with Gasteiger partial charge in [-0.2, -0.15) is 0 Å². The lowest BCUT2D eigenvalue weighted by molar-refractivity contribution is -0.123. The van der Waals surface area contributed by atoms with Crippen LogP contribution in [0.3, 0.4) is 0 Å². The van der Waals surface area contributed by atoms with Crippen molar-refractivity contribution in [3.05, 3.63) is 24.0 Å². The first-order valence-corrected chi connectivity index (χ1v) is 6.17. The molecular formula is C13H19N3O2. The summed E-state index contributed by atoms with van der Waals surface area (Å²) in [4.78, 5) is 16.1. The fourth-order valence-electron chi connectivity index (χ4n) is 2.03. The van der Waals surface area contributed by atoms with Gasteiger partial charge in [0.1, 0.15) is 0 Å². The second-order valence-electron chi connectivity index (χ2n) is 4.98. The van der Waals surface area contributed by atoms with E-state index in [0.717, 1.165) is 18.5 Å². The number of nitrogen functional groups attached to an aromatic ring is 1. The Labute approximate surface area is 107 Å². The van der Waals surface area contributed by atoms with Crippen molar-refractivity contribution < 1.29 is 9.53 Å². The predicted molar refractivity (Wildman–Crippen MR) is 69.0 cm³/mol. The number of pyridine rings is 1. The number of carbonyl (C=O) groups is 1. The summed E-state index contributed by atoms with van der Waals surface area (Å²) < 4.78 is 5.30. The first-order valence-electron chi connectivity index (χ1n) is 6.17. The van der Waals surface area contributed by atoms with Gasteiger partial charge in [-0.3, -0.25) is 9.78 Å². The summed E-state index contributed by atoms with van der Waals surface area (Å²) in [5.74, 6) is -0.00308. The Hall–Kier alpha value is -1.62. The van der Waals surface area contributed by atoms with Crippen LogP contribution >= 0.6 is 0 Å². The molecule has 1 saturated heterocycles. The third-order valence-electron chi connectivity index (χ3n) is 3.23. The van der Waals surface area contributed by atoms with Gasteiger partial charge in [-0.1, -0.05) is 0 Å². The molecule has 1 fully saturated rings. The molecule has 0 radical (unpaired) electrons. The highest BCUT2D eigenvalue weighted by Gasteiger charge is 2.28. The highest BCUT2D eigenvalue weighted by Crippen LogP contribution is 2.19. The summed E-state index contributed by atoms with van der Waals surface area (Å²) >= 11 is 0. The number of anilines is 1. The van der Waals surface area contributed by atoms with Crippen LogP contribution in [0.25, 0.3) is 0 Å². The van der Waals surface area contributed by atoms with Crippen molar-refractivity contribution >= 4 is 11.6 Å². The van der Waals surface area contributed by atoms with Gasteiger partial charge in [-0.15, -0.1) is 0 Å². The number of carbonyl (C=O) groups excluding carboxylic acids is 1. The molecule has 0 aromatic carbocycles. The van der Waals surface area contributed by atoms with Crippen molar-refractivity contribution in [2.75, 3.05) is 18.9 Å². The summed E-state index contributed by atoms with van der Waals surface area (Å²) in [6, 6.07) is 3.53. The third-order valence-corrected chi connectivity index (χ3v) is 3.23. The highest BCUT2D eigenvalue weighted by molar-refractivity contribution is 5.79. The van der Waals surface area contributed by atoms with Gasteiger partial charge in [-0.25, -0.2) is 0 Å². The minimum absolute atomic E-state index is 0.00308. The van der Waals surface area contributed by atoms with E-state index in [1.807, 2.05) is 0 Å². The number of amides is 1. The minimum atomic E-state index is -0.150. The topological polar surface area (TPSA) is 77.2 Å². The number of rotatable bonds is 3. The monoisotopic (exact) mass is 249 g/mol. The summed E-state index contributed by atoms with van der Waals surface area (Å²) in [7, 11) is 0. The van der Waals surface area contributed by atoms with E-state index in [9.17, 15) is 4.79 Å². The number of nitrogens with zero attached hydrogens (tertiary/aromatic N) is 1. The van der Waals surface area contributed by atoms with Crippen molar-refractivity contribution in [1.82, 2.24) is 10.3 Å². The molecular weight excluding hydrogens is 230 g/mol. The van der Waals surface area contributed by atoms with Crippen LogP contribution in [0.4, 0.5) is 5.69 Å². The Morgan fingerprint density at radius 3 is 2.83 bits per heavy atom. The van der Waals surface area contributed by atoms with Crippen molar-refractivity contribution in [2.45, 2.75) is 31.7 Å². The highest BCUT2D eigenvalue weighted by atomic mass is 16.5. The quantitative estimate of drug-likeness (QED) is 0.834. The fourth-order valence-corrected chi connectivity index (χ4v) is 2.03. The average molecular weight is 249 g/mol. The molecule has 1 aliphatic heterocycles. The fraction of sp³-hybridized carbons (Fsp3) is 0.538. The van der Waals surface area contributed by atoms with Crippen LogP contribution in [0.1, 0.15) is 25.5 Å². The maximum absolute atomic E-state index is 11.9. The molecule has 18 heavy (non-hydrogen) atoms. The number of hydrogen-bond donors (Lipinski definition) is 2. The lowest BCUT2D eigenvalue weighted by Crippen LogP contribution is -2.50. The van der Waals surface area contributed by atoms with Crippen molar-refractivity contribution in [2.24, 2.45) is 0 Å². The lowest BCUT2D eigenvalue weighted by Gasteiger charge is -2.34. The summed E-state index contributed by atoms with van der Waals surface area (Å²) in [5, 5.41) is 3.07. The maximum atomic E-state index is 11.9. The molecule has 0 spiro atoms. The van der Waals surface area contributed by atoms with Gasteiger partial charge in [0.25, 0.3) is 0 Å². The Kier molecular flexibility index (Phi) is 3.81. The van der Waals surface area contributed by atoms with E-state index in [2.05, 4.69) is 17.2 Å². The molecule has 98 valence electrons. The SMILES string of the molecule is CC1(NC(=O)Cc2ccc(N)cn2)CCOCC1. The zero-order valence-corrected chi connectivity index (χ0v) is 10.6. The van der Waals surface area contributed by atoms with Crippen LogP contribution in [-0.4, -0.2) is 29.6 Å². The van der Waals surface area contributed by atoms with Crippen LogP contribution in [0, 0.1) is 0 Å². The van der Waals surface area contributed by atoms with Crippen LogP contribution in [0.2, 0.25) is 0 Å². The molecule has 5 heteroatoms. The summed E-state index contributed by atoms with van der Waals surface area (Å²) in [6.07, 6.45) is 3.57. The number of aromatic nitrogens is 1. The lowest BCUT2D eigenvalue weighted by atomic mass is 9.92. The predicted octanol–water partition coefficient (Wildman–Crippen LogP) is 0.892. The molecule has 2 rings (SSSR count). The largest absolute Gasteiger partial charge is 0.397 e. The molecule has 0 aliphatic carbocycles. The number of nitrogens with one attached hydrogen (secondary N) is 1. The van der Waals surface area contributed by atoms with Gasteiger partial charge >= 0.3 is 0 Å². The second kappa shape index (κ2) is 5.35. The first kappa shape index (κ1) is 12.8. The maximum Gasteiger partial charge on any atom is 0.226 e. The number of ether oxygens (including phenoxy) is 1. The normalized spacial score (nSPS) is 18.3. The molecule has 3 N–H and O–H groups in total. The van der Waals surface area contributed by atoms with E-state index in [4.69, 9.17) is 10.5 Å². The van der Waals surface area contributed by atoms with Crippen LogP contribution in [0.5, 0.6) is 0 Å². The van der Waals surface area contributed by atoms with E-state index in [1.54, 1.807) is 18.3 Å². The van der Waals surface area contributed by atoms with Gasteiger partial charge in [0.05, 0.1) is 18.3 Å². The molecule has 5 nitrogen and oxygen atoms in total. The smallest absolute Gasteiger partial charge is 0.226 e. The minimum Gasteiger partial charge on any atom is -0.397 e. The van der Waals surface area contributed by atoms with Gasteiger partial charge in [-0.05, 0) is 31.9 Å². The Morgan fingerprint density at radius 2 is 2.22 bits per heavy atom. The second-order valence-corrected chi connectivity index (χ2v) is 4.98. The molecule has 0 bridgehead atoms. The Bertz CT molecular complexity index is 411. The van der Waals surface area contributed by atoms with Gasteiger partial charge in [0, 0.05) is 24.4 Å². The van der Waals surface area contributed by atoms with Crippen molar-refractivity contribution in [3.8, 4) is 0 Å². The molecule has 2 heterocycles. The summed E-state index contributed by atoms with van der Waals surface area (Å²) in [5.41, 5.74) is 6.74. The number of hydrogen-bond acceptors (Lipinski definition) is 4. The molecule has 0 unspecified atom stereocenters. The van der Waals surface area contributed by atoms with Gasteiger partial charge in [0.2, 0.25) is 5.91 Å². The standard InChI is InChI=1S/C13H19N3O2/c1-13(4-6-18-7-5-13)16-12(17)8-11-3-2-10(14)9-15-11/h2-3,9H,4-8,14H2,1H3,(H,16,17). The molecule has 1 aromatic heterocycles. The molecule has 0 atom stereocenters. The van der Waals surface area contributed by atoms with Crippen LogP contribution in [-0.2, 0) is 16.0 Å². The molecule has 0 saturated carbocycles. The van der Waals surface area contributed by atoms with E-state index >= 15 is 0 Å². The molecule has 1 amide bonds.